The molecule has 0 bridgehead atoms. The highest BCUT2D eigenvalue weighted by atomic mass is 28.3. The van der Waals surface area contributed by atoms with Crippen molar-refractivity contribution in [3.63, 3.8) is 0 Å². The highest BCUT2D eigenvalue weighted by molar-refractivity contribution is 6.62. The lowest BCUT2D eigenvalue weighted by Gasteiger charge is -2.18. The Kier molecular flexibility index (Phi) is 6.48. The van der Waals surface area contributed by atoms with E-state index in [-0.39, 0.29) is 5.91 Å². The molecule has 1 rings (SSSR count). The first-order valence-electron chi connectivity index (χ1n) is 6.28. The monoisotopic (exact) mass is 279 g/mol. The molecule has 0 saturated heterocycles. The average molecular weight is 279 g/mol. The topological polar surface area (TPSA) is 47.6 Å². The van der Waals surface area contributed by atoms with Crippen molar-refractivity contribution >= 4 is 26.1 Å². The van der Waals surface area contributed by atoms with Crippen molar-refractivity contribution < 1.29 is 13.6 Å². The molecule has 0 spiro atoms. The van der Waals surface area contributed by atoms with E-state index < -0.39 is 9.28 Å². The molecule has 1 aromatic rings. The summed E-state index contributed by atoms with van der Waals surface area (Å²) in [4.78, 5) is 11.5. The van der Waals surface area contributed by atoms with Gasteiger partial charge in [0.1, 0.15) is 0 Å². The molecule has 0 fully saturated rings. The Hall–Kier alpha value is -1.43. The van der Waals surface area contributed by atoms with E-state index in [0.29, 0.717) is 0 Å². The van der Waals surface area contributed by atoms with Crippen molar-refractivity contribution in [2.75, 3.05) is 19.5 Å². The summed E-state index contributed by atoms with van der Waals surface area (Å²) in [5.41, 5.74) is 1.91. The Labute approximate surface area is 116 Å². The minimum absolute atomic E-state index is 0.206. The van der Waals surface area contributed by atoms with Gasteiger partial charge in [0.25, 0.3) is 0 Å². The van der Waals surface area contributed by atoms with Gasteiger partial charge in [-0.1, -0.05) is 32.1 Å². The first-order chi connectivity index (χ1) is 9.17. The second-order valence-electron chi connectivity index (χ2n) is 4.12. The fourth-order valence-electron chi connectivity index (χ4n) is 2.01. The molecule has 19 heavy (non-hydrogen) atoms. The molecule has 0 aliphatic carbocycles. The Morgan fingerprint density at radius 2 is 2.11 bits per heavy atom. The third-order valence-electron chi connectivity index (χ3n) is 2.84. The molecular formula is C14H21NO3Si. The zero-order valence-electron chi connectivity index (χ0n) is 11.7. The van der Waals surface area contributed by atoms with E-state index in [1.807, 2.05) is 18.2 Å². The van der Waals surface area contributed by atoms with Crippen LogP contribution < -0.4 is 10.5 Å². The molecule has 0 aliphatic heterocycles. The van der Waals surface area contributed by atoms with E-state index in [2.05, 4.69) is 18.8 Å². The van der Waals surface area contributed by atoms with Gasteiger partial charge in [0, 0.05) is 19.9 Å². The minimum atomic E-state index is -1.88. The number of carbonyl (C=O) groups excluding carboxylic acids is 1. The van der Waals surface area contributed by atoms with Crippen molar-refractivity contribution in [3.05, 3.63) is 36.4 Å². The van der Waals surface area contributed by atoms with Crippen LogP contribution in [0.2, 0.25) is 0 Å². The quantitative estimate of drug-likeness (QED) is 0.607. The summed E-state index contributed by atoms with van der Waals surface area (Å²) in [6.45, 7) is 5.57. The number of hydrogen-bond donors (Lipinski definition) is 1. The van der Waals surface area contributed by atoms with Gasteiger partial charge in [-0.25, -0.2) is 0 Å². The van der Waals surface area contributed by atoms with Crippen LogP contribution in [0.1, 0.15) is 18.9 Å². The maximum absolute atomic E-state index is 11.5. The summed E-state index contributed by atoms with van der Waals surface area (Å²) in [6.07, 6.45) is 3.13. The van der Waals surface area contributed by atoms with Gasteiger partial charge in [-0.2, -0.15) is 0 Å². The number of benzene rings is 1. The first-order valence-corrected chi connectivity index (χ1v) is 7.80. The molecule has 1 N–H and O–H groups in total. The van der Waals surface area contributed by atoms with Crippen LogP contribution in [0.25, 0.3) is 0 Å². The molecule has 0 atom stereocenters. The predicted molar refractivity (Wildman–Crippen MR) is 80.1 cm³/mol. The van der Waals surface area contributed by atoms with Crippen molar-refractivity contribution in [2.24, 2.45) is 0 Å². The van der Waals surface area contributed by atoms with Crippen molar-refractivity contribution in [1.29, 1.82) is 0 Å². The van der Waals surface area contributed by atoms with E-state index in [1.54, 1.807) is 14.2 Å². The summed E-state index contributed by atoms with van der Waals surface area (Å²) >= 11 is 0. The maximum atomic E-state index is 11.5. The largest absolute Gasteiger partial charge is 0.397 e. The van der Waals surface area contributed by atoms with Gasteiger partial charge < -0.3 is 14.2 Å². The Morgan fingerprint density at radius 1 is 1.42 bits per heavy atom. The lowest BCUT2D eigenvalue weighted by atomic mass is 10.1. The fourth-order valence-corrected chi connectivity index (χ4v) is 3.56. The van der Waals surface area contributed by atoms with E-state index in [9.17, 15) is 4.79 Å². The molecule has 1 aromatic carbocycles. The number of hydrogen-bond acceptors (Lipinski definition) is 3. The third kappa shape index (κ3) is 4.02. The zero-order valence-corrected chi connectivity index (χ0v) is 12.9. The number of amides is 1. The van der Waals surface area contributed by atoms with Crippen LogP contribution in [0.15, 0.2) is 30.9 Å². The first kappa shape index (κ1) is 15.6. The lowest BCUT2D eigenvalue weighted by Crippen LogP contribution is -2.38. The van der Waals surface area contributed by atoms with Gasteiger partial charge in [-0.05, 0) is 29.3 Å². The van der Waals surface area contributed by atoms with Crippen LogP contribution in [0.4, 0.5) is 5.69 Å². The smallest absolute Gasteiger partial charge is 0.355 e. The maximum Gasteiger partial charge on any atom is 0.355 e. The lowest BCUT2D eigenvalue weighted by molar-refractivity contribution is -0.111. The van der Waals surface area contributed by atoms with Gasteiger partial charge in [-0.15, -0.1) is 0 Å². The Balaban J connectivity index is 3.19. The number of carbonyl (C=O) groups is 1. The second-order valence-corrected chi connectivity index (χ2v) is 6.35. The number of nitrogens with one attached hydrogen (secondary N) is 1. The molecule has 0 aromatic heterocycles. The molecule has 0 aliphatic rings. The van der Waals surface area contributed by atoms with E-state index >= 15 is 0 Å². The van der Waals surface area contributed by atoms with Gasteiger partial charge in [0.05, 0.1) is 0 Å². The van der Waals surface area contributed by atoms with Gasteiger partial charge >= 0.3 is 9.28 Å². The summed E-state index contributed by atoms with van der Waals surface area (Å²) < 4.78 is 10.9. The number of anilines is 1. The molecule has 104 valence electrons. The van der Waals surface area contributed by atoms with E-state index in [4.69, 9.17) is 8.85 Å². The molecule has 5 heteroatoms. The average Bonchev–Trinajstić information content (AvgIpc) is 2.43. The third-order valence-corrected chi connectivity index (χ3v) is 4.74. The van der Waals surface area contributed by atoms with E-state index in [0.717, 1.165) is 29.3 Å². The number of rotatable bonds is 7. The van der Waals surface area contributed by atoms with Gasteiger partial charge in [0.15, 0.2) is 0 Å². The highest BCUT2D eigenvalue weighted by Crippen LogP contribution is 2.16. The normalized spacial score (nSPS) is 10.5. The minimum Gasteiger partial charge on any atom is -0.397 e. The van der Waals surface area contributed by atoms with Crippen molar-refractivity contribution in [3.8, 4) is 0 Å². The van der Waals surface area contributed by atoms with Crippen LogP contribution in [-0.2, 0) is 20.1 Å². The summed E-state index contributed by atoms with van der Waals surface area (Å²) in [7, 11) is 1.43. The van der Waals surface area contributed by atoms with Crippen LogP contribution in [-0.4, -0.2) is 29.4 Å². The van der Waals surface area contributed by atoms with E-state index in [1.165, 1.54) is 6.08 Å². The zero-order chi connectivity index (χ0) is 14.3. The van der Waals surface area contributed by atoms with Gasteiger partial charge in [0.2, 0.25) is 5.91 Å². The summed E-state index contributed by atoms with van der Waals surface area (Å²) in [5.74, 6) is -0.206. The van der Waals surface area contributed by atoms with Crippen LogP contribution in [0.5, 0.6) is 0 Å². The molecule has 0 heterocycles. The molecular weight excluding hydrogens is 258 g/mol. The van der Waals surface area contributed by atoms with Crippen LogP contribution in [0, 0.1) is 0 Å². The van der Waals surface area contributed by atoms with Crippen LogP contribution in [0.3, 0.4) is 0 Å². The molecule has 0 saturated carbocycles. The SMILES string of the molecule is C=CC(=O)Nc1cccc([SiH](OC)OC)c1CCC. The van der Waals surface area contributed by atoms with Crippen molar-refractivity contribution in [1.82, 2.24) is 0 Å². The fraction of sp³-hybridized carbons (Fsp3) is 0.357. The van der Waals surface area contributed by atoms with Gasteiger partial charge in [-0.3, -0.25) is 4.79 Å². The standard InChI is InChI=1S/C14H21NO3Si/c1-5-8-11-12(15-14(16)6-2)9-7-10-13(11)19(17-3)18-4/h6-7,9-10,19H,2,5,8H2,1,3-4H3,(H,15,16). The molecule has 1 amide bonds. The Bertz CT molecular complexity index is 444. The summed E-state index contributed by atoms with van der Waals surface area (Å²) in [6, 6.07) is 5.82. The van der Waals surface area contributed by atoms with Crippen molar-refractivity contribution in [2.45, 2.75) is 19.8 Å². The summed E-state index contributed by atoms with van der Waals surface area (Å²) in [5, 5.41) is 3.92. The molecule has 0 radical (unpaired) electrons. The second kappa shape index (κ2) is 7.88. The predicted octanol–water partition coefficient (Wildman–Crippen LogP) is 1.48. The van der Waals surface area contributed by atoms with Crippen LogP contribution >= 0.6 is 0 Å². The molecule has 4 nitrogen and oxygen atoms in total. The Morgan fingerprint density at radius 3 is 2.63 bits per heavy atom. The molecule has 0 unspecified atom stereocenters. The highest BCUT2D eigenvalue weighted by Gasteiger charge is 2.19.